The van der Waals surface area contributed by atoms with Crippen LogP contribution in [0, 0.1) is 0 Å². The third kappa shape index (κ3) is 2.51. The van der Waals surface area contributed by atoms with Crippen molar-refractivity contribution >= 4 is 27.4 Å². The Kier molecular flexibility index (Phi) is 3.05. The Morgan fingerprint density at radius 3 is 2.47 bits per heavy atom. The number of fused-ring (bicyclic) bond motifs is 1. The third-order valence-electron chi connectivity index (χ3n) is 2.83. The lowest BCUT2D eigenvalue weighted by atomic mass is 10.1. The molecule has 1 aromatic heterocycles. The predicted octanol–water partition coefficient (Wildman–Crippen LogP) is 4.49. The van der Waals surface area contributed by atoms with Gasteiger partial charge in [-0.3, -0.25) is 4.79 Å². The zero-order valence-electron chi connectivity index (χ0n) is 10.4. The molecule has 0 atom stereocenters. The van der Waals surface area contributed by atoms with Crippen molar-refractivity contribution in [1.29, 1.82) is 0 Å². The molecule has 0 spiro atoms. The molecule has 0 saturated carbocycles. The normalized spacial score (nSPS) is 10.6. The molecule has 0 aliphatic heterocycles. The molecule has 0 N–H and O–H groups in total. The summed E-state index contributed by atoms with van der Waals surface area (Å²) < 4.78 is 6.31. The molecule has 2 aromatic carbocycles. The van der Waals surface area contributed by atoms with E-state index in [2.05, 4.69) is 18.2 Å². The van der Waals surface area contributed by atoms with Gasteiger partial charge in [0.15, 0.2) is 0 Å². The van der Waals surface area contributed by atoms with Crippen molar-refractivity contribution in [3.8, 4) is 16.2 Å². The van der Waals surface area contributed by atoms with Gasteiger partial charge in [-0.2, -0.15) is 0 Å². The maximum atomic E-state index is 10.9. The first-order valence-electron chi connectivity index (χ1n) is 6.00. The Labute approximate surface area is 115 Å². The molecule has 3 rings (SSSR count). The van der Waals surface area contributed by atoms with Gasteiger partial charge in [-0.25, -0.2) is 0 Å². The average molecular weight is 268 g/mol. The number of hydrogen-bond acceptors (Lipinski definition) is 3. The summed E-state index contributed by atoms with van der Waals surface area (Å²) in [6.45, 7) is 1.40. The van der Waals surface area contributed by atoms with Gasteiger partial charge in [0.1, 0.15) is 5.75 Å². The number of hydrogen-bond donors (Lipinski definition) is 0. The van der Waals surface area contributed by atoms with Crippen LogP contribution in [0.3, 0.4) is 0 Å². The number of thiophene rings is 1. The molecule has 0 amide bonds. The van der Waals surface area contributed by atoms with Crippen molar-refractivity contribution in [2.75, 3.05) is 0 Å². The zero-order chi connectivity index (χ0) is 13.2. The van der Waals surface area contributed by atoms with E-state index in [9.17, 15) is 4.79 Å². The van der Waals surface area contributed by atoms with Gasteiger partial charge in [0.25, 0.3) is 0 Å². The first-order chi connectivity index (χ1) is 9.22. The van der Waals surface area contributed by atoms with Crippen LogP contribution >= 0.6 is 11.3 Å². The van der Waals surface area contributed by atoms with E-state index in [-0.39, 0.29) is 5.97 Å². The molecule has 19 heavy (non-hydrogen) atoms. The highest BCUT2D eigenvalue weighted by molar-refractivity contribution is 7.22. The average Bonchev–Trinajstić information content (AvgIpc) is 2.82. The second-order valence-electron chi connectivity index (χ2n) is 4.27. The molecule has 0 fully saturated rings. The first kappa shape index (κ1) is 11.9. The number of esters is 1. The summed E-state index contributed by atoms with van der Waals surface area (Å²) in [5.74, 6) is 0.284. The van der Waals surface area contributed by atoms with Gasteiger partial charge in [-0.05, 0) is 47.3 Å². The van der Waals surface area contributed by atoms with Crippen molar-refractivity contribution in [2.45, 2.75) is 6.92 Å². The monoisotopic (exact) mass is 268 g/mol. The summed E-state index contributed by atoms with van der Waals surface area (Å²) in [5.41, 5.74) is 1.14. The molecule has 0 aliphatic rings. The highest BCUT2D eigenvalue weighted by Crippen LogP contribution is 2.33. The van der Waals surface area contributed by atoms with Crippen LogP contribution in [0.5, 0.6) is 5.75 Å². The summed E-state index contributed by atoms with van der Waals surface area (Å²) in [4.78, 5) is 12.1. The van der Waals surface area contributed by atoms with Gasteiger partial charge >= 0.3 is 5.97 Å². The van der Waals surface area contributed by atoms with Gasteiger partial charge in [-0.1, -0.05) is 18.2 Å². The van der Waals surface area contributed by atoms with Crippen LogP contribution in [0.15, 0.2) is 54.6 Å². The quantitative estimate of drug-likeness (QED) is 0.505. The molecule has 0 saturated heterocycles. The van der Waals surface area contributed by atoms with Crippen LogP contribution in [0.25, 0.3) is 20.5 Å². The fourth-order valence-corrected chi connectivity index (χ4v) is 3.05. The lowest BCUT2D eigenvalue weighted by molar-refractivity contribution is -0.131. The van der Waals surface area contributed by atoms with E-state index in [0.717, 1.165) is 5.56 Å². The van der Waals surface area contributed by atoms with Crippen LogP contribution in [-0.4, -0.2) is 5.97 Å². The smallest absolute Gasteiger partial charge is 0.308 e. The fraction of sp³-hybridized carbons (Fsp3) is 0.0625. The van der Waals surface area contributed by atoms with E-state index >= 15 is 0 Å². The van der Waals surface area contributed by atoms with E-state index in [0.29, 0.717) is 5.75 Å². The summed E-state index contributed by atoms with van der Waals surface area (Å²) in [7, 11) is 0. The number of carbonyl (C=O) groups is 1. The minimum absolute atomic E-state index is 0.297. The second-order valence-corrected chi connectivity index (χ2v) is 5.35. The minimum atomic E-state index is -0.297. The van der Waals surface area contributed by atoms with Gasteiger partial charge in [0.05, 0.1) is 0 Å². The van der Waals surface area contributed by atoms with E-state index in [4.69, 9.17) is 4.74 Å². The summed E-state index contributed by atoms with van der Waals surface area (Å²) in [6, 6.07) is 18.1. The van der Waals surface area contributed by atoms with E-state index in [1.54, 1.807) is 11.3 Å². The van der Waals surface area contributed by atoms with Gasteiger partial charge in [0, 0.05) is 16.5 Å². The largest absolute Gasteiger partial charge is 0.427 e. The topological polar surface area (TPSA) is 26.3 Å². The van der Waals surface area contributed by atoms with Crippen LogP contribution < -0.4 is 4.74 Å². The predicted molar refractivity (Wildman–Crippen MR) is 78.6 cm³/mol. The summed E-state index contributed by atoms with van der Waals surface area (Å²) in [6.07, 6.45) is 0. The van der Waals surface area contributed by atoms with Gasteiger partial charge in [-0.15, -0.1) is 11.3 Å². The first-order valence-corrected chi connectivity index (χ1v) is 6.81. The molecular formula is C16H12O2S. The Morgan fingerprint density at radius 1 is 1.05 bits per heavy atom. The number of ether oxygens (including phenoxy) is 1. The molecule has 94 valence electrons. The maximum Gasteiger partial charge on any atom is 0.308 e. The van der Waals surface area contributed by atoms with Crippen molar-refractivity contribution < 1.29 is 9.53 Å². The van der Waals surface area contributed by atoms with Gasteiger partial charge in [0.2, 0.25) is 0 Å². The van der Waals surface area contributed by atoms with Crippen molar-refractivity contribution in [2.24, 2.45) is 0 Å². The van der Waals surface area contributed by atoms with E-state index in [1.165, 1.54) is 21.9 Å². The SMILES string of the molecule is CC(=O)Oc1ccc(-c2cc3ccccc3s2)cc1. The Hall–Kier alpha value is -2.13. The van der Waals surface area contributed by atoms with Crippen LogP contribution in [0.2, 0.25) is 0 Å². The minimum Gasteiger partial charge on any atom is -0.427 e. The zero-order valence-corrected chi connectivity index (χ0v) is 11.2. The number of benzene rings is 2. The number of carbonyl (C=O) groups excluding carboxylic acids is 1. The summed E-state index contributed by atoms with van der Waals surface area (Å²) >= 11 is 1.76. The Morgan fingerprint density at radius 2 is 1.79 bits per heavy atom. The van der Waals surface area contributed by atoms with Crippen LogP contribution in [0.1, 0.15) is 6.92 Å². The van der Waals surface area contributed by atoms with E-state index in [1.807, 2.05) is 36.4 Å². The van der Waals surface area contributed by atoms with Crippen molar-refractivity contribution in [3.05, 3.63) is 54.6 Å². The van der Waals surface area contributed by atoms with Crippen molar-refractivity contribution in [1.82, 2.24) is 0 Å². The van der Waals surface area contributed by atoms with E-state index < -0.39 is 0 Å². The molecular weight excluding hydrogens is 256 g/mol. The molecule has 3 heteroatoms. The Bertz CT molecular complexity index is 693. The lowest BCUT2D eigenvalue weighted by Crippen LogP contribution is -2.00. The molecule has 3 aromatic rings. The third-order valence-corrected chi connectivity index (χ3v) is 3.99. The molecule has 1 heterocycles. The fourth-order valence-electron chi connectivity index (χ4n) is 1.98. The Balaban J connectivity index is 1.95. The molecule has 0 radical (unpaired) electrons. The highest BCUT2D eigenvalue weighted by atomic mass is 32.1. The second kappa shape index (κ2) is 4.86. The molecule has 0 bridgehead atoms. The van der Waals surface area contributed by atoms with Crippen LogP contribution in [0.4, 0.5) is 0 Å². The van der Waals surface area contributed by atoms with Crippen molar-refractivity contribution in [3.63, 3.8) is 0 Å². The molecule has 0 aliphatic carbocycles. The highest BCUT2D eigenvalue weighted by Gasteiger charge is 2.04. The van der Waals surface area contributed by atoms with Gasteiger partial charge < -0.3 is 4.74 Å². The molecule has 2 nitrogen and oxygen atoms in total. The number of rotatable bonds is 2. The molecule has 0 unspecified atom stereocenters. The van der Waals surface area contributed by atoms with Crippen LogP contribution in [-0.2, 0) is 4.79 Å². The standard InChI is InChI=1S/C16H12O2S/c1-11(17)18-14-8-6-12(7-9-14)16-10-13-4-2-3-5-15(13)19-16/h2-10H,1H3. The maximum absolute atomic E-state index is 10.9. The lowest BCUT2D eigenvalue weighted by Gasteiger charge is -2.02. The summed E-state index contributed by atoms with van der Waals surface area (Å²) in [5, 5.41) is 1.26.